The fraction of sp³-hybridized carbons (Fsp3) is 0.348. The predicted octanol–water partition coefficient (Wildman–Crippen LogP) is 5.15. The monoisotopic (exact) mass is 408 g/mol. The van der Waals surface area contributed by atoms with E-state index in [4.69, 9.17) is 0 Å². The molecular weight excluding hydrogens is 380 g/mol. The highest BCUT2D eigenvalue weighted by Crippen LogP contribution is 2.28. The van der Waals surface area contributed by atoms with Crippen LogP contribution in [0.15, 0.2) is 53.7 Å². The van der Waals surface area contributed by atoms with Gasteiger partial charge in [0.15, 0.2) is 11.0 Å². The van der Waals surface area contributed by atoms with Gasteiger partial charge in [0.05, 0.1) is 6.04 Å². The molecule has 1 N–H and O–H groups in total. The van der Waals surface area contributed by atoms with E-state index < -0.39 is 0 Å². The number of aromatic nitrogens is 3. The lowest BCUT2D eigenvalue weighted by Crippen LogP contribution is -2.28. The fourth-order valence-electron chi connectivity index (χ4n) is 3.15. The van der Waals surface area contributed by atoms with Crippen molar-refractivity contribution in [2.75, 3.05) is 0 Å². The van der Waals surface area contributed by atoms with Crippen molar-refractivity contribution in [2.45, 2.75) is 57.5 Å². The molecule has 0 bridgehead atoms. The Balaban J connectivity index is 1.90. The Morgan fingerprint density at radius 3 is 2.55 bits per heavy atom. The molecule has 3 rings (SSSR count). The number of benzene rings is 2. The maximum Gasteiger partial charge on any atom is 0.220 e. The number of carbonyl (C=O) groups is 1. The summed E-state index contributed by atoms with van der Waals surface area (Å²) >= 11 is 1.65. The molecule has 29 heavy (non-hydrogen) atoms. The zero-order valence-corrected chi connectivity index (χ0v) is 18.3. The van der Waals surface area contributed by atoms with Crippen molar-refractivity contribution < 1.29 is 4.79 Å². The molecule has 0 saturated carbocycles. The summed E-state index contributed by atoms with van der Waals surface area (Å²) in [5.41, 5.74) is 4.69. The molecule has 0 fully saturated rings. The third-order valence-corrected chi connectivity index (χ3v) is 5.64. The average Bonchev–Trinajstić information content (AvgIpc) is 3.11. The van der Waals surface area contributed by atoms with Crippen molar-refractivity contribution in [3.63, 3.8) is 0 Å². The predicted molar refractivity (Wildman–Crippen MR) is 118 cm³/mol. The van der Waals surface area contributed by atoms with Gasteiger partial charge in [-0.1, -0.05) is 66.2 Å². The minimum atomic E-state index is -0.226. The molecule has 1 amide bonds. The van der Waals surface area contributed by atoms with Crippen LogP contribution in [-0.4, -0.2) is 20.7 Å². The molecule has 0 aliphatic carbocycles. The number of carbonyl (C=O) groups excluding carboxylic acids is 1. The minimum absolute atomic E-state index is 0.0346. The summed E-state index contributed by atoms with van der Waals surface area (Å²) in [4.78, 5) is 12.1. The van der Waals surface area contributed by atoms with Crippen LogP contribution in [0.25, 0.3) is 5.69 Å². The van der Waals surface area contributed by atoms with E-state index >= 15 is 0 Å². The van der Waals surface area contributed by atoms with E-state index in [9.17, 15) is 4.79 Å². The topological polar surface area (TPSA) is 59.8 Å². The molecule has 0 saturated heterocycles. The van der Waals surface area contributed by atoms with Crippen LogP contribution in [0.2, 0.25) is 0 Å². The van der Waals surface area contributed by atoms with E-state index in [-0.39, 0.29) is 11.9 Å². The van der Waals surface area contributed by atoms with E-state index in [0.29, 0.717) is 6.42 Å². The van der Waals surface area contributed by atoms with Crippen molar-refractivity contribution in [1.29, 1.82) is 0 Å². The maximum atomic E-state index is 12.1. The first kappa shape index (κ1) is 21.1. The van der Waals surface area contributed by atoms with Crippen LogP contribution in [0.5, 0.6) is 0 Å². The molecule has 0 radical (unpaired) electrons. The quantitative estimate of drug-likeness (QED) is 0.524. The molecule has 0 spiro atoms. The summed E-state index contributed by atoms with van der Waals surface area (Å²) in [6.07, 6.45) is 1.33. The second kappa shape index (κ2) is 9.74. The smallest absolute Gasteiger partial charge is 0.220 e. The minimum Gasteiger partial charge on any atom is -0.346 e. The Labute approximate surface area is 176 Å². The van der Waals surface area contributed by atoms with E-state index in [1.807, 2.05) is 13.8 Å². The first-order chi connectivity index (χ1) is 14.0. The summed E-state index contributed by atoms with van der Waals surface area (Å²) in [7, 11) is 0. The Morgan fingerprint density at radius 1 is 1.10 bits per heavy atom. The van der Waals surface area contributed by atoms with Gasteiger partial charge in [0.2, 0.25) is 5.91 Å². The Bertz CT molecular complexity index is 965. The highest BCUT2D eigenvalue weighted by Gasteiger charge is 2.21. The van der Waals surface area contributed by atoms with Crippen molar-refractivity contribution in [3.05, 3.63) is 71.0 Å². The lowest BCUT2D eigenvalue weighted by atomic mass is 10.2. The van der Waals surface area contributed by atoms with Crippen LogP contribution in [-0.2, 0) is 10.5 Å². The number of aryl methyl sites for hydroxylation is 2. The van der Waals surface area contributed by atoms with Gasteiger partial charge in [0.25, 0.3) is 0 Å². The standard InChI is InChI=1S/C23H28N4OS/c1-5-7-21(28)24-18(4)22-25-26-23(27(22)20-12-10-16(2)11-13-20)29-15-19-9-6-8-17(3)14-19/h6,8-14,18H,5,7,15H2,1-4H3,(H,24,28)/t18-/m0/s1. The number of nitrogens with one attached hydrogen (secondary N) is 1. The molecule has 0 aliphatic heterocycles. The number of hydrogen-bond acceptors (Lipinski definition) is 4. The number of hydrogen-bond donors (Lipinski definition) is 1. The van der Waals surface area contributed by atoms with Crippen LogP contribution in [0.1, 0.15) is 55.2 Å². The second-order valence-electron chi connectivity index (χ2n) is 7.33. The Morgan fingerprint density at radius 2 is 1.86 bits per heavy atom. The van der Waals surface area contributed by atoms with Crippen LogP contribution in [0, 0.1) is 13.8 Å². The molecule has 5 nitrogen and oxygen atoms in total. The van der Waals surface area contributed by atoms with Gasteiger partial charge in [-0.25, -0.2) is 0 Å². The van der Waals surface area contributed by atoms with Gasteiger partial charge in [-0.2, -0.15) is 0 Å². The molecule has 1 aromatic heterocycles. The SMILES string of the molecule is CCCC(=O)N[C@@H](C)c1nnc(SCc2cccc(C)c2)n1-c1ccc(C)cc1. The third-order valence-electron chi connectivity index (χ3n) is 4.64. The number of thioether (sulfide) groups is 1. The first-order valence-corrected chi connectivity index (χ1v) is 11.0. The molecule has 152 valence electrons. The summed E-state index contributed by atoms with van der Waals surface area (Å²) < 4.78 is 2.05. The Kier molecular flexibility index (Phi) is 7.09. The normalized spacial score (nSPS) is 12.0. The van der Waals surface area contributed by atoms with E-state index in [1.54, 1.807) is 11.8 Å². The Hall–Kier alpha value is -2.60. The lowest BCUT2D eigenvalue weighted by molar-refractivity contribution is -0.121. The summed E-state index contributed by atoms with van der Waals surface area (Å²) in [6, 6.07) is 16.6. The molecule has 2 aromatic carbocycles. The summed E-state index contributed by atoms with van der Waals surface area (Å²) in [5, 5.41) is 12.7. The number of amides is 1. The van der Waals surface area contributed by atoms with E-state index in [1.165, 1.54) is 16.7 Å². The van der Waals surface area contributed by atoms with Crippen LogP contribution in [0.3, 0.4) is 0 Å². The summed E-state index contributed by atoms with van der Waals surface area (Å²) in [5.74, 6) is 1.58. The largest absolute Gasteiger partial charge is 0.346 e. The van der Waals surface area contributed by atoms with Gasteiger partial charge in [0, 0.05) is 17.9 Å². The highest BCUT2D eigenvalue weighted by molar-refractivity contribution is 7.98. The zero-order chi connectivity index (χ0) is 20.8. The first-order valence-electron chi connectivity index (χ1n) is 9.98. The molecule has 3 aromatic rings. The van der Waals surface area contributed by atoms with Gasteiger partial charge in [-0.05, 0) is 44.9 Å². The van der Waals surface area contributed by atoms with Crippen LogP contribution in [0.4, 0.5) is 0 Å². The van der Waals surface area contributed by atoms with Gasteiger partial charge in [0.1, 0.15) is 0 Å². The van der Waals surface area contributed by atoms with E-state index in [2.05, 4.69) is 82.5 Å². The second-order valence-corrected chi connectivity index (χ2v) is 8.27. The van der Waals surface area contributed by atoms with Crippen molar-refractivity contribution >= 4 is 17.7 Å². The molecular formula is C23H28N4OS. The molecule has 1 atom stereocenters. The fourth-order valence-corrected chi connectivity index (χ4v) is 4.05. The molecule has 0 unspecified atom stereocenters. The molecule has 1 heterocycles. The number of nitrogens with zero attached hydrogens (tertiary/aromatic N) is 3. The zero-order valence-electron chi connectivity index (χ0n) is 17.5. The van der Waals surface area contributed by atoms with Crippen molar-refractivity contribution in [1.82, 2.24) is 20.1 Å². The summed E-state index contributed by atoms with van der Waals surface area (Å²) in [6.45, 7) is 8.12. The van der Waals surface area contributed by atoms with Crippen molar-refractivity contribution in [2.24, 2.45) is 0 Å². The molecule has 0 aliphatic rings. The maximum absolute atomic E-state index is 12.1. The highest BCUT2D eigenvalue weighted by atomic mass is 32.2. The van der Waals surface area contributed by atoms with E-state index in [0.717, 1.165) is 28.8 Å². The lowest BCUT2D eigenvalue weighted by Gasteiger charge is -2.16. The van der Waals surface area contributed by atoms with Crippen LogP contribution < -0.4 is 5.32 Å². The van der Waals surface area contributed by atoms with Gasteiger partial charge < -0.3 is 5.32 Å². The molecule has 6 heteroatoms. The van der Waals surface area contributed by atoms with Crippen LogP contribution >= 0.6 is 11.8 Å². The van der Waals surface area contributed by atoms with Gasteiger partial charge in [-0.3, -0.25) is 9.36 Å². The van der Waals surface area contributed by atoms with Gasteiger partial charge >= 0.3 is 0 Å². The number of rotatable bonds is 8. The van der Waals surface area contributed by atoms with Crippen molar-refractivity contribution in [3.8, 4) is 5.69 Å². The third kappa shape index (κ3) is 5.48. The van der Waals surface area contributed by atoms with Gasteiger partial charge in [-0.15, -0.1) is 10.2 Å². The average molecular weight is 409 g/mol.